The molecule has 0 spiro atoms. The van der Waals surface area contributed by atoms with Gasteiger partial charge in [0.2, 0.25) is 0 Å². The zero-order chi connectivity index (χ0) is 12.4. The molecule has 0 saturated carbocycles. The Morgan fingerprint density at radius 2 is 2.25 bits per heavy atom. The largest absolute Gasteiger partial charge is 0.365 e. The molecule has 1 amide bonds. The molecule has 0 aromatic carbocycles. The van der Waals surface area contributed by atoms with Gasteiger partial charge in [0.15, 0.2) is 0 Å². The van der Waals surface area contributed by atoms with Crippen LogP contribution < -0.4 is 11.1 Å². The van der Waals surface area contributed by atoms with Crippen LogP contribution in [0.25, 0.3) is 0 Å². The highest BCUT2D eigenvalue weighted by molar-refractivity contribution is 5.85. The van der Waals surface area contributed by atoms with Crippen LogP contribution in [0, 0.1) is 5.92 Å². The van der Waals surface area contributed by atoms with E-state index in [1.54, 1.807) is 0 Å². The lowest BCUT2D eigenvalue weighted by molar-refractivity contribution is -0.141. The Morgan fingerprint density at radius 3 is 2.62 bits per heavy atom. The highest BCUT2D eigenvalue weighted by Gasteiger charge is 2.41. The second-order valence-corrected chi connectivity index (χ2v) is 5.41. The minimum atomic E-state index is -0.661. The maximum atomic E-state index is 12.2. The highest BCUT2D eigenvalue weighted by Crippen LogP contribution is 2.26. The van der Waals surface area contributed by atoms with Gasteiger partial charge in [0, 0.05) is 13.2 Å². The molecule has 3 N–H and O–H groups in total. The summed E-state index contributed by atoms with van der Waals surface area (Å²) >= 11 is 0. The van der Waals surface area contributed by atoms with E-state index >= 15 is 0 Å². The fraction of sp³-hybridized carbons (Fsp3) is 0.917. The van der Waals surface area contributed by atoms with Gasteiger partial charge in [-0.15, -0.1) is 0 Å². The number of hydrogen-bond donors (Lipinski definition) is 2. The molecule has 4 nitrogen and oxygen atoms in total. The summed E-state index contributed by atoms with van der Waals surface area (Å²) in [5.41, 5.74) is 4.73. The molecule has 0 aliphatic carbocycles. The Kier molecular flexibility index (Phi) is 3.97. The average Bonchev–Trinajstić information content (AvgIpc) is 2.66. The minimum absolute atomic E-state index is 0.0355. The molecular weight excluding hydrogens is 204 g/mol. The molecule has 1 aliphatic heterocycles. The van der Waals surface area contributed by atoms with Crippen molar-refractivity contribution in [2.75, 3.05) is 13.2 Å². The predicted molar refractivity (Wildman–Crippen MR) is 64.0 cm³/mol. The Balaban J connectivity index is 2.69. The van der Waals surface area contributed by atoms with E-state index in [0.29, 0.717) is 19.1 Å². The van der Waals surface area contributed by atoms with Gasteiger partial charge in [0.1, 0.15) is 5.60 Å². The van der Waals surface area contributed by atoms with E-state index < -0.39 is 5.60 Å². The van der Waals surface area contributed by atoms with Gasteiger partial charge in [-0.1, -0.05) is 13.8 Å². The van der Waals surface area contributed by atoms with Gasteiger partial charge in [-0.25, -0.2) is 0 Å². The molecule has 0 aromatic heterocycles. The molecule has 4 heteroatoms. The molecule has 2 atom stereocenters. The van der Waals surface area contributed by atoms with E-state index in [-0.39, 0.29) is 11.4 Å². The van der Waals surface area contributed by atoms with Crippen molar-refractivity contribution in [1.29, 1.82) is 0 Å². The van der Waals surface area contributed by atoms with Crippen LogP contribution in [0.3, 0.4) is 0 Å². The molecule has 0 radical (unpaired) electrons. The number of ether oxygens (including phenoxy) is 1. The van der Waals surface area contributed by atoms with Crippen molar-refractivity contribution in [2.45, 2.75) is 51.7 Å². The summed E-state index contributed by atoms with van der Waals surface area (Å²) in [6.45, 7) is 9.06. The Hall–Kier alpha value is -0.610. The number of nitrogens with two attached hydrogens (primary N) is 1. The Morgan fingerprint density at radius 1 is 1.62 bits per heavy atom. The molecule has 1 aliphatic rings. The maximum Gasteiger partial charge on any atom is 0.252 e. The number of carbonyl (C=O) groups is 1. The molecule has 94 valence electrons. The molecule has 1 saturated heterocycles. The van der Waals surface area contributed by atoms with Gasteiger partial charge in [0.25, 0.3) is 5.91 Å². The predicted octanol–water partition coefficient (Wildman–Crippen LogP) is 1.05. The van der Waals surface area contributed by atoms with Crippen LogP contribution >= 0.6 is 0 Å². The first-order chi connectivity index (χ1) is 7.34. The summed E-state index contributed by atoms with van der Waals surface area (Å²) in [4.78, 5) is 12.2. The zero-order valence-electron chi connectivity index (χ0n) is 10.8. The van der Waals surface area contributed by atoms with Crippen LogP contribution in [0.1, 0.15) is 40.5 Å². The molecule has 2 unspecified atom stereocenters. The summed E-state index contributed by atoms with van der Waals surface area (Å²) in [6.07, 6.45) is 1.74. The lowest BCUT2D eigenvalue weighted by atomic mass is 9.87. The third kappa shape index (κ3) is 2.55. The molecule has 1 rings (SSSR count). The van der Waals surface area contributed by atoms with Crippen LogP contribution in [0.2, 0.25) is 0 Å². The van der Waals surface area contributed by atoms with Crippen molar-refractivity contribution in [3.63, 3.8) is 0 Å². The fourth-order valence-corrected chi connectivity index (χ4v) is 1.78. The Labute approximate surface area is 97.9 Å². The summed E-state index contributed by atoms with van der Waals surface area (Å²) < 4.78 is 5.52. The average molecular weight is 228 g/mol. The normalized spacial score (nSPS) is 29.1. The van der Waals surface area contributed by atoms with Gasteiger partial charge >= 0.3 is 0 Å². The first kappa shape index (κ1) is 13.5. The zero-order valence-corrected chi connectivity index (χ0v) is 10.8. The van der Waals surface area contributed by atoms with Crippen molar-refractivity contribution in [3.05, 3.63) is 0 Å². The molecular formula is C12H24N2O2. The third-order valence-corrected chi connectivity index (χ3v) is 3.80. The van der Waals surface area contributed by atoms with E-state index in [1.807, 2.05) is 13.8 Å². The number of rotatable bonds is 4. The van der Waals surface area contributed by atoms with Crippen molar-refractivity contribution in [1.82, 2.24) is 5.32 Å². The van der Waals surface area contributed by atoms with E-state index in [9.17, 15) is 4.79 Å². The maximum absolute atomic E-state index is 12.2. The SMILES string of the molecule is CC(C)C(C)(CN)NC(=O)C1(C)CCCO1. The number of nitrogens with one attached hydrogen (secondary N) is 1. The smallest absolute Gasteiger partial charge is 0.252 e. The van der Waals surface area contributed by atoms with E-state index in [2.05, 4.69) is 19.2 Å². The highest BCUT2D eigenvalue weighted by atomic mass is 16.5. The Bertz CT molecular complexity index is 260. The lowest BCUT2D eigenvalue weighted by Gasteiger charge is -2.36. The van der Waals surface area contributed by atoms with Crippen molar-refractivity contribution < 1.29 is 9.53 Å². The summed E-state index contributed by atoms with van der Waals surface area (Å²) in [7, 11) is 0. The van der Waals surface area contributed by atoms with Crippen LogP contribution in [-0.2, 0) is 9.53 Å². The van der Waals surface area contributed by atoms with Crippen molar-refractivity contribution >= 4 is 5.91 Å². The summed E-state index contributed by atoms with van der Waals surface area (Å²) in [5.74, 6) is 0.262. The monoisotopic (exact) mass is 228 g/mol. The van der Waals surface area contributed by atoms with Gasteiger partial charge in [-0.3, -0.25) is 4.79 Å². The second-order valence-electron chi connectivity index (χ2n) is 5.41. The quantitative estimate of drug-likeness (QED) is 0.756. The number of carbonyl (C=O) groups excluding carboxylic acids is 1. The van der Waals surface area contributed by atoms with Crippen LogP contribution in [0.5, 0.6) is 0 Å². The number of hydrogen-bond acceptors (Lipinski definition) is 3. The first-order valence-corrected chi connectivity index (χ1v) is 6.01. The van der Waals surface area contributed by atoms with Gasteiger partial charge in [-0.05, 0) is 32.6 Å². The molecule has 16 heavy (non-hydrogen) atoms. The van der Waals surface area contributed by atoms with Gasteiger partial charge < -0.3 is 15.8 Å². The fourth-order valence-electron chi connectivity index (χ4n) is 1.78. The molecule has 0 aromatic rings. The molecule has 0 bridgehead atoms. The topological polar surface area (TPSA) is 64.3 Å². The summed E-state index contributed by atoms with van der Waals surface area (Å²) in [6, 6.07) is 0. The van der Waals surface area contributed by atoms with Gasteiger partial charge in [-0.2, -0.15) is 0 Å². The van der Waals surface area contributed by atoms with Crippen LogP contribution in [0.15, 0.2) is 0 Å². The third-order valence-electron chi connectivity index (χ3n) is 3.80. The summed E-state index contributed by atoms with van der Waals surface area (Å²) in [5, 5.41) is 3.04. The van der Waals surface area contributed by atoms with Crippen molar-refractivity contribution in [2.24, 2.45) is 11.7 Å². The van der Waals surface area contributed by atoms with Crippen molar-refractivity contribution in [3.8, 4) is 0 Å². The van der Waals surface area contributed by atoms with Crippen LogP contribution in [0.4, 0.5) is 0 Å². The van der Waals surface area contributed by atoms with E-state index in [4.69, 9.17) is 10.5 Å². The van der Waals surface area contributed by atoms with E-state index in [0.717, 1.165) is 12.8 Å². The van der Waals surface area contributed by atoms with Gasteiger partial charge in [0.05, 0.1) is 5.54 Å². The first-order valence-electron chi connectivity index (χ1n) is 6.01. The standard InChI is InChI=1S/C12H24N2O2/c1-9(2)11(3,8-13)14-10(15)12(4)6-5-7-16-12/h9H,5-8,13H2,1-4H3,(H,14,15). The second kappa shape index (κ2) is 4.72. The molecule has 1 heterocycles. The van der Waals surface area contributed by atoms with E-state index in [1.165, 1.54) is 0 Å². The minimum Gasteiger partial charge on any atom is -0.365 e. The number of amides is 1. The molecule has 1 fully saturated rings. The lowest BCUT2D eigenvalue weighted by Crippen LogP contribution is -2.59. The van der Waals surface area contributed by atoms with Crippen LogP contribution in [-0.4, -0.2) is 30.2 Å².